The van der Waals surface area contributed by atoms with E-state index in [4.69, 9.17) is 4.74 Å². The highest BCUT2D eigenvalue weighted by atomic mass is 16.5. The van der Waals surface area contributed by atoms with E-state index in [1.807, 2.05) is 24.3 Å². The van der Waals surface area contributed by atoms with Crippen molar-refractivity contribution in [2.45, 2.75) is 26.3 Å². The van der Waals surface area contributed by atoms with Crippen molar-refractivity contribution in [3.05, 3.63) is 59.4 Å². The van der Waals surface area contributed by atoms with E-state index in [9.17, 15) is 9.59 Å². The normalized spacial score (nSPS) is 10.2. The number of carbonyl (C=O) groups is 2. The highest BCUT2D eigenvalue weighted by Crippen LogP contribution is 2.16. The molecule has 0 spiro atoms. The maximum atomic E-state index is 12.3. The van der Waals surface area contributed by atoms with Gasteiger partial charge < -0.3 is 15.4 Å². The molecule has 0 saturated heterocycles. The predicted octanol–water partition coefficient (Wildman–Crippen LogP) is 2.55. The second-order valence-corrected chi connectivity index (χ2v) is 5.53. The quantitative estimate of drug-likeness (QED) is 0.723. The molecule has 25 heavy (non-hydrogen) atoms. The molecule has 132 valence electrons. The molecule has 6 nitrogen and oxygen atoms in total. The standard InChI is InChI=1S/C19H23N3O3/c1-3-4-10-21-19(24)16-12-14(9-11-20-16)18(23)22-13-15-7-5-6-8-17(15)25-2/h5-9,11-12H,3-4,10,13H2,1-2H3,(H,21,24)(H,22,23). The summed E-state index contributed by atoms with van der Waals surface area (Å²) in [6.07, 6.45) is 3.37. The summed E-state index contributed by atoms with van der Waals surface area (Å²) < 4.78 is 5.27. The Balaban J connectivity index is 2.00. The molecule has 0 aliphatic carbocycles. The Morgan fingerprint density at radius 3 is 2.68 bits per heavy atom. The summed E-state index contributed by atoms with van der Waals surface area (Å²) in [5.41, 5.74) is 1.51. The Hall–Kier alpha value is -2.89. The summed E-state index contributed by atoms with van der Waals surface area (Å²) in [5.74, 6) is 0.178. The van der Waals surface area contributed by atoms with E-state index >= 15 is 0 Å². The monoisotopic (exact) mass is 341 g/mol. The van der Waals surface area contributed by atoms with E-state index < -0.39 is 0 Å². The highest BCUT2D eigenvalue weighted by molar-refractivity contribution is 5.98. The second-order valence-electron chi connectivity index (χ2n) is 5.53. The van der Waals surface area contributed by atoms with Gasteiger partial charge in [-0.1, -0.05) is 31.5 Å². The summed E-state index contributed by atoms with van der Waals surface area (Å²) in [6.45, 7) is 2.99. The van der Waals surface area contributed by atoms with E-state index in [1.54, 1.807) is 13.2 Å². The number of ether oxygens (including phenoxy) is 1. The van der Waals surface area contributed by atoms with E-state index in [-0.39, 0.29) is 17.5 Å². The van der Waals surface area contributed by atoms with Crippen molar-refractivity contribution in [1.82, 2.24) is 15.6 Å². The number of amides is 2. The Morgan fingerprint density at radius 2 is 1.92 bits per heavy atom. The van der Waals surface area contributed by atoms with Crippen LogP contribution < -0.4 is 15.4 Å². The van der Waals surface area contributed by atoms with Gasteiger partial charge in [-0.25, -0.2) is 0 Å². The molecule has 0 radical (unpaired) electrons. The molecule has 2 N–H and O–H groups in total. The highest BCUT2D eigenvalue weighted by Gasteiger charge is 2.12. The number of aromatic nitrogens is 1. The number of pyridine rings is 1. The van der Waals surface area contributed by atoms with Gasteiger partial charge in [0.1, 0.15) is 11.4 Å². The van der Waals surface area contributed by atoms with E-state index in [0.29, 0.717) is 24.4 Å². The average Bonchev–Trinajstić information content (AvgIpc) is 2.66. The molecule has 2 rings (SSSR count). The van der Waals surface area contributed by atoms with Gasteiger partial charge in [-0.05, 0) is 24.6 Å². The lowest BCUT2D eigenvalue weighted by Crippen LogP contribution is -2.27. The number of unbranched alkanes of at least 4 members (excludes halogenated alkanes) is 1. The predicted molar refractivity (Wildman–Crippen MR) is 95.6 cm³/mol. The first-order valence-electron chi connectivity index (χ1n) is 8.30. The van der Waals surface area contributed by atoms with Crippen LogP contribution in [0.15, 0.2) is 42.6 Å². The zero-order chi connectivity index (χ0) is 18.1. The first kappa shape index (κ1) is 18.4. The third-order valence-electron chi connectivity index (χ3n) is 3.70. The van der Waals surface area contributed by atoms with Crippen LogP contribution in [-0.4, -0.2) is 30.5 Å². The van der Waals surface area contributed by atoms with Crippen LogP contribution in [0.1, 0.15) is 46.2 Å². The summed E-state index contributed by atoms with van der Waals surface area (Å²) in [5, 5.41) is 5.62. The van der Waals surface area contributed by atoms with Crippen molar-refractivity contribution in [3.8, 4) is 5.75 Å². The van der Waals surface area contributed by atoms with Crippen LogP contribution in [-0.2, 0) is 6.54 Å². The van der Waals surface area contributed by atoms with Gasteiger partial charge in [0.2, 0.25) is 0 Å². The molecule has 1 aromatic heterocycles. The maximum absolute atomic E-state index is 12.3. The fourth-order valence-electron chi connectivity index (χ4n) is 2.29. The van der Waals surface area contributed by atoms with Crippen LogP contribution in [0, 0.1) is 0 Å². The number of methoxy groups -OCH3 is 1. The number of carbonyl (C=O) groups excluding carboxylic acids is 2. The van der Waals surface area contributed by atoms with Crippen molar-refractivity contribution in [2.75, 3.05) is 13.7 Å². The van der Waals surface area contributed by atoms with Crippen molar-refractivity contribution < 1.29 is 14.3 Å². The van der Waals surface area contributed by atoms with Gasteiger partial charge in [0.15, 0.2) is 0 Å². The molecule has 6 heteroatoms. The van der Waals surface area contributed by atoms with Crippen molar-refractivity contribution in [3.63, 3.8) is 0 Å². The summed E-state index contributed by atoms with van der Waals surface area (Å²) >= 11 is 0. The van der Waals surface area contributed by atoms with E-state index in [1.165, 1.54) is 12.3 Å². The molecule has 2 aromatic rings. The third kappa shape index (κ3) is 5.31. The summed E-state index contributed by atoms with van der Waals surface area (Å²) in [6, 6.07) is 10.6. The molecule has 1 aromatic carbocycles. The van der Waals surface area contributed by atoms with Crippen LogP contribution in [0.3, 0.4) is 0 Å². The molecule has 0 bridgehead atoms. The average molecular weight is 341 g/mol. The molecule has 0 unspecified atom stereocenters. The second kappa shape index (κ2) is 9.42. The zero-order valence-corrected chi connectivity index (χ0v) is 14.5. The number of benzene rings is 1. The lowest BCUT2D eigenvalue weighted by atomic mass is 10.1. The molecular formula is C19H23N3O3. The molecule has 0 aliphatic heterocycles. The van der Waals surface area contributed by atoms with Gasteiger partial charge >= 0.3 is 0 Å². The molecule has 0 aliphatic rings. The lowest BCUT2D eigenvalue weighted by Gasteiger charge is -2.10. The van der Waals surface area contributed by atoms with Gasteiger partial charge in [-0.3, -0.25) is 14.6 Å². The van der Waals surface area contributed by atoms with Crippen molar-refractivity contribution >= 4 is 11.8 Å². The summed E-state index contributed by atoms with van der Waals surface area (Å²) in [4.78, 5) is 28.4. The number of nitrogens with zero attached hydrogens (tertiary/aromatic N) is 1. The van der Waals surface area contributed by atoms with Gasteiger partial charge in [0, 0.05) is 30.4 Å². The number of nitrogens with one attached hydrogen (secondary N) is 2. The van der Waals surface area contributed by atoms with Crippen LogP contribution in [0.2, 0.25) is 0 Å². The first-order valence-corrected chi connectivity index (χ1v) is 8.30. The summed E-state index contributed by atoms with van der Waals surface area (Å²) in [7, 11) is 1.59. The van der Waals surface area contributed by atoms with Gasteiger partial charge in [0.25, 0.3) is 11.8 Å². The number of hydrogen-bond acceptors (Lipinski definition) is 4. The van der Waals surface area contributed by atoms with Crippen LogP contribution in [0.5, 0.6) is 5.75 Å². The molecule has 0 atom stereocenters. The lowest BCUT2D eigenvalue weighted by molar-refractivity contribution is 0.0948. The minimum atomic E-state index is -0.271. The SMILES string of the molecule is CCCCNC(=O)c1cc(C(=O)NCc2ccccc2OC)ccn1. The largest absolute Gasteiger partial charge is 0.496 e. The Morgan fingerprint density at radius 1 is 1.12 bits per heavy atom. The van der Waals surface area contributed by atoms with Gasteiger partial charge in [-0.15, -0.1) is 0 Å². The molecular weight excluding hydrogens is 318 g/mol. The maximum Gasteiger partial charge on any atom is 0.269 e. The molecule has 2 amide bonds. The number of para-hydroxylation sites is 1. The van der Waals surface area contributed by atoms with Crippen LogP contribution in [0.4, 0.5) is 0 Å². The molecule has 0 fully saturated rings. The van der Waals surface area contributed by atoms with E-state index in [2.05, 4.69) is 22.5 Å². The molecule has 1 heterocycles. The minimum Gasteiger partial charge on any atom is -0.496 e. The van der Waals surface area contributed by atoms with Crippen molar-refractivity contribution in [2.24, 2.45) is 0 Å². The fraction of sp³-hybridized carbons (Fsp3) is 0.316. The third-order valence-corrected chi connectivity index (χ3v) is 3.70. The van der Waals surface area contributed by atoms with Crippen LogP contribution in [0.25, 0.3) is 0 Å². The van der Waals surface area contributed by atoms with Crippen LogP contribution >= 0.6 is 0 Å². The topological polar surface area (TPSA) is 80.3 Å². The Labute approximate surface area is 147 Å². The number of rotatable bonds is 8. The minimum absolute atomic E-state index is 0.237. The van der Waals surface area contributed by atoms with Gasteiger partial charge in [0.05, 0.1) is 7.11 Å². The van der Waals surface area contributed by atoms with Crippen molar-refractivity contribution in [1.29, 1.82) is 0 Å². The Bertz CT molecular complexity index is 731. The fourth-order valence-corrected chi connectivity index (χ4v) is 2.29. The smallest absolute Gasteiger partial charge is 0.269 e. The number of hydrogen-bond donors (Lipinski definition) is 2. The Kier molecular flexibility index (Phi) is 6.95. The van der Waals surface area contributed by atoms with E-state index in [0.717, 1.165) is 18.4 Å². The first-order chi connectivity index (χ1) is 12.2. The van der Waals surface area contributed by atoms with Gasteiger partial charge in [-0.2, -0.15) is 0 Å². The zero-order valence-electron chi connectivity index (χ0n) is 14.5. The molecule has 0 saturated carbocycles.